The number of sulfonamides is 1. The van der Waals surface area contributed by atoms with E-state index in [1.165, 1.54) is 4.31 Å². The minimum atomic E-state index is -3.72. The monoisotopic (exact) mass is 691 g/mol. The first kappa shape index (κ1) is 33.4. The van der Waals surface area contributed by atoms with Crippen molar-refractivity contribution in [3.63, 3.8) is 0 Å². The molecule has 0 unspecified atom stereocenters. The largest absolute Gasteiger partial charge is 0.508 e. The summed E-state index contributed by atoms with van der Waals surface area (Å²) in [6.45, 7) is 4.46. The first-order chi connectivity index (χ1) is 24.1. The van der Waals surface area contributed by atoms with Crippen LogP contribution in [0.4, 0.5) is 0 Å². The van der Waals surface area contributed by atoms with Gasteiger partial charge in [-0.15, -0.1) is 0 Å². The molecule has 2 aromatic heterocycles. The van der Waals surface area contributed by atoms with Gasteiger partial charge in [0.15, 0.2) is 6.61 Å². The molecule has 1 fully saturated rings. The average Bonchev–Trinajstić information content (AvgIpc) is 3.44. The number of para-hydroxylation sites is 1. The van der Waals surface area contributed by atoms with Gasteiger partial charge in [-0.1, -0.05) is 36.4 Å². The molecule has 1 aliphatic heterocycles. The number of ketones is 1. The van der Waals surface area contributed by atoms with Crippen LogP contribution in [-0.2, 0) is 25.9 Å². The maximum Gasteiger partial charge on any atom is 0.339 e. The number of benzene rings is 3. The number of phenolic OH excluding ortho intramolecular Hbond substituents is 1. The molecule has 0 saturated carbocycles. The Bertz CT molecular complexity index is 2270. The van der Waals surface area contributed by atoms with Crippen LogP contribution in [0.2, 0.25) is 0 Å². The molecule has 0 spiro atoms. The number of phenols is 1. The van der Waals surface area contributed by atoms with Gasteiger partial charge in [0.2, 0.25) is 15.8 Å². The van der Waals surface area contributed by atoms with Crippen LogP contribution in [-0.4, -0.2) is 72.0 Å². The zero-order valence-corrected chi connectivity index (χ0v) is 28.7. The number of carbonyl (C=O) groups excluding carboxylic acids is 2. The number of rotatable bonds is 8. The summed E-state index contributed by atoms with van der Waals surface area (Å²) >= 11 is 0. The number of hydrogen-bond acceptors (Lipinski definition) is 8. The molecule has 5 aromatic rings. The van der Waals surface area contributed by atoms with Crippen LogP contribution in [0.15, 0.2) is 83.8 Å². The van der Waals surface area contributed by atoms with Gasteiger partial charge in [-0.2, -0.15) is 4.31 Å². The molecule has 10 nitrogen and oxygen atoms in total. The second-order valence-electron chi connectivity index (χ2n) is 12.6. The van der Waals surface area contributed by atoms with Gasteiger partial charge in [-0.25, -0.2) is 18.2 Å². The summed E-state index contributed by atoms with van der Waals surface area (Å²) in [6, 6.07) is 22.8. The van der Waals surface area contributed by atoms with Crippen LogP contribution in [0.3, 0.4) is 0 Å². The molecule has 3 aromatic carbocycles. The molecule has 1 N–H and O–H groups in total. The third kappa shape index (κ3) is 6.35. The molecule has 0 bridgehead atoms. The summed E-state index contributed by atoms with van der Waals surface area (Å²) in [4.78, 5) is 32.6. The number of Topliss-reactive ketones (excluding diaryl/α,β-unsaturated/α-hetero) is 1. The molecular formula is C39H37N3O7S. The maximum absolute atomic E-state index is 13.9. The first-order valence-corrected chi connectivity index (χ1v) is 18.0. The number of nitrogens with zero attached hydrogens (tertiary/aromatic N) is 3. The van der Waals surface area contributed by atoms with Crippen LogP contribution in [0.5, 0.6) is 5.75 Å². The van der Waals surface area contributed by atoms with E-state index in [2.05, 4.69) is 0 Å². The Labute approximate surface area is 290 Å². The summed E-state index contributed by atoms with van der Waals surface area (Å²) in [5, 5.41) is 10.4. The van der Waals surface area contributed by atoms with Crippen molar-refractivity contribution in [2.45, 2.75) is 38.0 Å². The van der Waals surface area contributed by atoms with Crippen LogP contribution in [0, 0.1) is 13.8 Å². The SMILES string of the molecule is Cc1cc(C(=O)COC(=O)c2c3c(nc4ccccc24)/C(=C/c2ccc(O)cc2)CCC3)c(C)n1-c1cccc(S(=O)(=O)N2CCOCC2)c1. The second kappa shape index (κ2) is 13.7. The maximum atomic E-state index is 13.9. The van der Waals surface area contributed by atoms with E-state index in [1.54, 1.807) is 49.4 Å². The van der Waals surface area contributed by atoms with Crippen LogP contribution >= 0.6 is 0 Å². The van der Waals surface area contributed by atoms with Gasteiger partial charge in [-0.05, 0) is 98.4 Å². The van der Waals surface area contributed by atoms with Gasteiger partial charge in [0, 0.05) is 41.1 Å². The number of pyridine rings is 1. The lowest BCUT2D eigenvalue weighted by molar-refractivity contribution is 0.0475. The Kier molecular flexibility index (Phi) is 9.13. The molecule has 7 rings (SSSR count). The smallest absolute Gasteiger partial charge is 0.339 e. The average molecular weight is 692 g/mol. The fraction of sp³-hybridized carbons (Fsp3) is 0.256. The fourth-order valence-electron chi connectivity index (χ4n) is 6.92. The number of ether oxygens (including phenoxy) is 2. The number of fused-ring (bicyclic) bond motifs is 2. The fourth-order valence-corrected chi connectivity index (χ4v) is 8.37. The molecule has 50 heavy (non-hydrogen) atoms. The van der Waals surface area contributed by atoms with E-state index >= 15 is 0 Å². The normalized spacial score (nSPS) is 16.0. The van der Waals surface area contributed by atoms with E-state index in [0.717, 1.165) is 40.9 Å². The summed E-state index contributed by atoms with van der Waals surface area (Å²) in [5.74, 6) is -0.769. The third-order valence-electron chi connectivity index (χ3n) is 9.36. The lowest BCUT2D eigenvalue weighted by atomic mass is 9.86. The number of aromatic nitrogens is 2. The van der Waals surface area contributed by atoms with Gasteiger partial charge in [0.1, 0.15) is 5.75 Å². The van der Waals surface area contributed by atoms with E-state index < -0.39 is 22.6 Å². The number of carbonyl (C=O) groups is 2. The molecule has 2 aliphatic rings. The number of aromatic hydroxyl groups is 1. The van der Waals surface area contributed by atoms with Gasteiger partial charge in [0.25, 0.3) is 0 Å². The van der Waals surface area contributed by atoms with Crippen molar-refractivity contribution in [3.05, 3.63) is 118 Å². The Morgan fingerprint density at radius 3 is 2.50 bits per heavy atom. The Morgan fingerprint density at radius 1 is 0.960 bits per heavy atom. The lowest BCUT2D eigenvalue weighted by Crippen LogP contribution is -2.40. The van der Waals surface area contributed by atoms with Gasteiger partial charge in [-0.3, -0.25) is 4.79 Å². The van der Waals surface area contributed by atoms with Gasteiger partial charge < -0.3 is 19.1 Å². The summed E-state index contributed by atoms with van der Waals surface area (Å²) in [7, 11) is -3.72. The Balaban J connectivity index is 1.15. The number of allylic oxidation sites excluding steroid dienone is 1. The highest BCUT2D eigenvalue weighted by Crippen LogP contribution is 2.37. The standard InChI is InChI=1S/C39H37N3O7S/c1-25-21-34(26(2)42(25)29-8-6-9-31(23-29)50(46,47)41-17-19-48-20-18-41)36(44)24-49-39(45)37-32-10-3-4-12-35(32)40-38-28(7-5-11-33(37)38)22-27-13-15-30(43)16-14-27/h3-4,6,8-10,12-16,21-23,43H,5,7,11,17-20,24H2,1-2H3/b28-22+. The van der Waals surface area contributed by atoms with E-state index in [9.17, 15) is 23.1 Å². The van der Waals surface area contributed by atoms with Gasteiger partial charge in [0.05, 0.1) is 34.9 Å². The number of morpholine rings is 1. The molecule has 256 valence electrons. The topological polar surface area (TPSA) is 128 Å². The zero-order valence-electron chi connectivity index (χ0n) is 27.9. The number of esters is 1. The predicted octanol–water partition coefficient (Wildman–Crippen LogP) is 6.29. The van der Waals surface area contributed by atoms with E-state index in [-0.39, 0.29) is 16.4 Å². The minimum absolute atomic E-state index is 0.167. The van der Waals surface area contributed by atoms with Crippen molar-refractivity contribution in [3.8, 4) is 11.4 Å². The quantitative estimate of drug-likeness (QED) is 0.149. The van der Waals surface area contributed by atoms with Crippen molar-refractivity contribution < 1.29 is 32.6 Å². The van der Waals surface area contributed by atoms with Gasteiger partial charge >= 0.3 is 5.97 Å². The molecular weight excluding hydrogens is 655 g/mol. The second-order valence-corrected chi connectivity index (χ2v) is 14.5. The van der Waals surface area contributed by atoms with Crippen molar-refractivity contribution in [2.24, 2.45) is 0 Å². The molecule has 1 saturated heterocycles. The van der Waals surface area contributed by atoms with Crippen LogP contribution in [0.25, 0.3) is 28.2 Å². The van der Waals surface area contributed by atoms with Crippen molar-refractivity contribution in [1.82, 2.24) is 13.9 Å². The third-order valence-corrected chi connectivity index (χ3v) is 11.3. The minimum Gasteiger partial charge on any atom is -0.508 e. The Morgan fingerprint density at radius 2 is 1.72 bits per heavy atom. The highest BCUT2D eigenvalue weighted by atomic mass is 32.2. The summed E-state index contributed by atoms with van der Waals surface area (Å²) in [5.41, 5.74) is 6.85. The summed E-state index contributed by atoms with van der Waals surface area (Å²) < 4.78 is 41.0. The highest BCUT2D eigenvalue weighted by molar-refractivity contribution is 7.89. The molecule has 11 heteroatoms. The molecule has 0 amide bonds. The summed E-state index contributed by atoms with van der Waals surface area (Å²) in [6.07, 6.45) is 4.27. The van der Waals surface area contributed by atoms with E-state index in [1.807, 2.05) is 54.0 Å². The van der Waals surface area contributed by atoms with Crippen LogP contribution < -0.4 is 0 Å². The molecule has 1 aliphatic carbocycles. The number of hydrogen-bond donors (Lipinski definition) is 1. The molecule has 3 heterocycles. The predicted molar refractivity (Wildman–Crippen MR) is 190 cm³/mol. The van der Waals surface area contributed by atoms with E-state index in [0.29, 0.717) is 66.1 Å². The van der Waals surface area contributed by atoms with Crippen molar-refractivity contribution in [1.29, 1.82) is 0 Å². The first-order valence-electron chi connectivity index (χ1n) is 16.6. The lowest BCUT2D eigenvalue weighted by Gasteiger charge is -2.26. The van der Waals surface area contributed by atoms with Crippen molar-refractivity contribution in [2.75, 3.05) is 32.9 Å². The Hall–Kier alpha value is -5.10. The zero-order chi connectivity index (χ0) is 35.0. The highest BCUT2D eigenvalue weighted by Gasteiger charge is 2.29. The van der Waals surface area contributed by atoms with E-state index in [4.69, 9.17) is 14.5 Å². The van der Waals surface area contributed by atoms with Crippen LogP contribution in [0.1, 0.15) is 61.8 Å². The molecule has 0 radical (unpaired) electrons. The number of aryl methyl sites for hydroxylation is 1. The molecule has 0 atom stereocenters. The van der Waals surface area contributed by atoms with Crippen molar-refractivity contribution >= 4 is 44.3 Å².